The molecule has 0 saturated carbocycles. The maximum absolute atomic E-state index is 13.0. The van der Waals surface area contributed by atoms with Crippen LogP contribution in [0.3, 0.4) is 0 Å². The topological polar surface area (TPSA) is 69.1 Å². The monoisotopic (exact) mass is 489 g/mol. The first-order chi connectivity index (χ1) is 13.3. The van der Waals surface area contributed by atoms with Crippen LogP contribution < -0.4 is 0 Å². The zero-order chi connectivity index (χ0) is 19.9. The Morgan fingerprint density at radius 1 is 1.21 bits per heavy atom. The minimum absolute atomic E-state index is 0.135. The molecular formula is C16H8BrClF3N5OS. The number of benzene rings is 1. The van der Waals surface area contributed by atoms with Crippen molar-refractivity contribution in [3.8, 4) is 11.4 Å². The van der Waals surface area contributed by atoms with E-state index >= 15 is 0 Å². The van der Waals surface area contributed by atoms with E-state index in [1.54, 1.807) is 0 Å². The summed E-state index contributed by atoms with van der Waals surface area (Å²) >= 11 is 10.4. The van der Waals surface area contributed by atoms with Gasteiger partial charge in [0.15, 0.2) is 10.8 Å². The Hall–Kier alpha value is -2.11. The zero-order valence-corrected chi connectivity index (χ0v) is 16.8. The predicted octanol–water partition coefficient (Wildman–Crippen LogP) is 5.51. The number of fused-ring (bicyclic) bond motifs is 1. The Balaban J connectivity index is 1.57. The van der Waals surface area contributed by atoms with Gasteiger partial charge >= 0.3 is 6.18 Å². The van der Waals surface area contributed by atoms with E-state index in [-0.39, 0.29) is 21.6 Å². The van der Waals surface area contributed by atoms with Gasteiger partial charge in [0, 0.05) is 16.2 Å². The Labute approximate surface area is 173 Å². The number of aromatic nitrogens is 5. The molecule has 0 aliphatic carbocycles. The van der Waals surface area contributed by atoms with E-state index in [1.807, 2.05) is 24.3 Å². The fourth-order valence-electron chi connectivity index (χ4n) is 2.37. The van der Waals surface area contributed by atoms with Crippen molar-refractivity contribution in [2.24, 2.45) is 0 Å². The largest absolute Gasteiger partial charge is 0.417 e. The molecule has 12 heteroatoms. The summed E-state index contributed by atoms with van der Waals surface area (Å²) in [6, 6.07) is 8.21. The summed E-state index contributed by atoms with van der Waals surface area (Å²) < 4.78 is 46.3. The van der Waals surface area contributed by atoms with Gasteiger partial charge in [-0.3, -0.25) is 4.40 Å². The lowest BCUT2D eigenvalue weighted by molar-refractivity contribution is -0.137. The van der Waals surface area contributed by atoms with Crippen molar-refractivity contribution in [2.75, 3.05) is 0 Å². The van der Waals surface area contributed by atoms with E-state index in [2.05, 4.69) is 36.3 Å². The molecular weight excluding hydrogens is 483 g/mol. The first-order valence-corrected chi connectivity index (χ1v) is 9.80. The number of alkyl halides is 3. The van der Waals surface area contributed by atoms with Crippen LogP contribution in [-0.2, 0) is 11.9 Å². The molecule has 3 heterocycles. The lowest BCUT2D eigenvalue weighted by atomic mass is 10.2. The highest BCUT2D eigenvalue weighted by atomic mass is 79.9. The van der Waals surface area contributed by atoms with Crippen LogP contribution in [-0.4, -0.2) is 24.7 Å². The van der Waals surface area contributed by atoms with Gasteiger partial charge in [-0.05, 0) is 18.2 Å². The summed E-state index contributed by atoms with van der Waals surface area (Å²) in [5.74, 6) is 0.913. The van der Waals surface area contributed by atoms with Crippen LogP contribution in [0, 0.1) is 0 Å². The van der Waals surface area contributed by atoms with E-state index in [9.17, 15) is 13.2 Å². The van der Waals surface area contributed by atoms with Gasteiger partial charge in [0.05, 0.1) is 16.3 Å². The van der Waals surface area contributed by atoms with Gasteiger partial charge in [-0.15, -0.1) is 10.2 Å². The molecule has 0 aliphatic heterocycles. The number of thioether (sulfide) groups is 1. The SMILES string of the molecule is FC(F)(F)c1cc(Cl)c2nnc(SCc3nc(-c4cccc(Br)c4)no3)n2c1. The van der Waals surface area contributed by atoms with Gasteiger partial charge in [0.1, 0.15) is 0 Å². The van der Waals surface area contributed by atoms with Gasteiger partial charge < -0.3 is 4.52 Å². The predicted molar refractivity (Wildman–Crippen MR) is 100.0 cm³/mol. The number of nitrogens with zero attached hydrogens (tertiary/aromatic N) is 5. The van der Waals surface area contributed by atoms with Crippen molar-refractivity contribution >= 4 is 44.9 Å². The molecule has 4 rings (SSSR count). The highest BCUT2D eigenvalue weighted by Gasteiger charge is 2.32. The van der Waals surface area contributed by atoms with E-state index in [1.165, 1.54) is 4.40 Å². The van der Waals surface area contributed by atoms with Crippen LogP contribution >= 0.6 is 39.3 Å². The molecule has 0 saturated heterocycles. The first kappa shape index (κ1) is 19.2. The number of hydrogen-bond acceptors (Lipinski definition) is 6. The summed E-state index contributed by atoms with van der Waals surface area (Å²) in [5, 5.41) is 11.7. The van der Waals surface area contributed by atoms with Crippen molar-refractivity contribution in [1.29, 1.82) is 0 Å². The standard InChI is InChI=1S/C16H8BrClF3N5OS/c17-10-3-1-2-8(4-10)13-22-12(27-25-13)7-28-15-24-23-14-11(18)5-9(6-26(14)15)16(19,20)21/h1-6H,7H2. The normalized spacial score (nSPS) is 12.0. The van der Waals surface area contributed by atoms with E-state index in [4.69, 9.17) is 16.1 Å². The van der Waals surface area contributed by atoms with Gasteiger partial charge in [-0.2, -0.15) is 18.2 Å². The lowest BCUT2D eigenvalue weighted by Gasteiger charge is -2.08. The second-order valence-corrected chi connectivity index (χ2v) is 7.83. The van der Waals surface area contributed by atoms with Crippen molar-refractivity contribution in [2.45, 2.75) is 17.1 Å². The Bertz CT molecular complexity index is 1160. The Morgan fingerprint density at radius 2 is 2.04 bits per heavy atom. The Kier molecular flexibility index (Phi) is 5.06. The van der Waals surface area contributed by atoms with Crippen molar-refractivity contribution in [1.82, 2.24) is 24.7 Å². The van der Waals surface area contributed by atoms with Gasteiger partial charge in [0.2, 0.25) is 11.7 Å². The van der Waals surface area contributed by atoms with Crippen LogP contribution in [0.25, 0.3) is 17.0 Å². The van der Waals surface area contributed by atoms with Crippen molar-refractivity contribution < 1.29 is 17.7 Å². The van der Waals surface area contributed by atoms with Gasteiger partial charge in [-0.1, -0.05) is 56.6 Å². The number of pyridine rings is 1. The molecule has 0 spiro atoms. The van der Waals surface area contributed by atoms with E-state index < -0.39 is 11.7 Å². The number of halogens is 5. The maximum atomic E-state index is 13.0. The molecule has 0 radical (unpaired) electrons. The molecule has 1 aromatic carbocycles. The smallest absolute Gasteiger partial charge is 0.338 e. The van der Waals surface area contributed by atoms with Crippen LogP contribution in [0.1, 0.15) is 11.5 Å². The first-order valence-electron chi connectivity index (χ1n) is 7.64. The average molecular weight is 491 g/mol. The molecule has 0 aliphatic rings. The van der Waals surface area contributed by atoms with E-state index in [0.29, 0.717) is 11.7 Å². The summed E-state index contributed by atoms with van der Waals surface area (Å²) in [6.07, 6.45) is -3.63. The third-order valence-corrected chi connectivity index (χ3v) is 5.33. The minimum Gasteiger partial charge on any atom is -0.338 e. The van der Waals surface area contributed by atoms with Gasteiger partial charge in [0.25, 0.3) is 0 Å². The minimum atomic E-state index is -4.53. The summed E-state index contributed by atoms with van der Waals surface area (Å²) in [6.45, 7) is 0. The third-order valence-electron chi connectivity index (χ3n) is 3.63. The molecule has 0 N–H and O–H groups in total. The molecule has 0 unspecified atom stereocenters. The van der Waals surface area contributed by atoms with Crippen molar-refractivity contribution in [3.05, 3.63) is 57.5 Å². The second-order valence-electron chi connectivity index (χ2n) is 5.56. The average Bonchev–Trinajstić information content (AvgIpc) is 3.26. The van der Waals surface area contributed by atoms with E-state index in [0.717, 1.165) is 34.1 Å². The molecule has 0 atom stereocenters. The molecule has 0 bridgehead atoms. The molecule has 28 heavy (non-hydrogen) atoms. The van der Waals surface area contributed by atoms with Crippen LogP contribution in [0.15, 0.2) is 50.7 Å². The third kappa shape index (κ3) is 3.87. The highest BCUT2D eigenvalue weighted by Crippen LogP contribution is 2.33. The molecule has 144 valence electrons. The maximum Gasteiger partial charge on any atom is 0.417 e. The number of hydrogen-bond donors (Lipinski definition) is 0. The summed E-state index contributed by atoms with van der Waals surface area (Å²) in [7, 11) is 0. The Morgan fingerprint density at radius 3 is 2.79 bits per heavy atom. The molecule has 3 aromatic heterocycles. The molecule has 0 fully saturated rings. The second kappa shape index (κ2) is 7.37. The highest BCUT2D eigenvalue weighted by molar-refractivity contribution is 9.10. The fourth-order valence-corrected chi connectivity index (χ4v) is 3.76. The van der Waals surface area contributed by atoms with Gasteiger partial charge in [-0.25, -0.2) is 0 Å². The lowest BCUT2D eigenvalue weighted by Crippen LogP contribution is -2.07. The van der Waals surface area contributed by atoms with Crippen LogP contribution in [0.2, 0.25) is 5.02 Å². The summed E-state index contributed by atoms with van der Waals surface area (Å²) in [5.41, 5.74) is 0.0165. The van der Waals surface area contributed by atoms with Crippen molar-refractivity contribution in [3.63, 3.8) is 0 Å². The summed E-state index contributed by atoms with van der Waals surface area (Å²) in [4.78, 5) is 4.29. The van der Waals surface area contributed by atoms with Crippen LogP contribution in [0.5, 0.6) is 0 Å². The zero-order valence-electron chi connectivity index (χ0n) is 13.6. The number of rotatable bonds is 4. The molecule has 0 amide bonds. The molecule has 6 nitrogen and oxygen atoms in total. The van der Waals surface area contributed by atoms with Crippen LogP contribution in [0.4, 0.5) is 13.2 Å². The molecule has 4 aromatic rings. The quantitative estimate of drug-likeness (QED) is 0.352. The fraction of sp³-hybridized carbons (Fsp3) is 0.125.